The van der Waals surface area contributed by atoms with Crippen LogP contribution >= 0.6 is 22.9 Å². The first-order valence-electron chi connectivity index (χ1n) is 9.21. The molecule has 1 fully saturated rings. The van der Waals surface area contributed by atoms with E-state index in [2.05, 4.69) is 15.3 Å². The van der Waals surface area contributed by atoms with E-state index in [0.29, 0.717) is 22.3 Å². The Kier molecular flexibility index (Phi) is 5.78. The van der Waals surface area contributed by atoms with Crippen LogP contribution in [0.4, 0.5) is 38.3 Å². The van der Waals surface area contributed by atoms with Crippen LogP contribution in [0, 0.1) is 23.0 Å². The summed E-state index contributed by atoms with van der Waals surface area (Å²) in [5, 5.41) is 10.2. The molecule has 176 valence electrons. The fourth-order valence-corrected chi connectivity index (χ4v) is 4.28. The molecule has 0 spiro atoms. The van der Waals surface area contributed by atoms with Crippen LogP contribution in [0.1, 0.15) is 10.6 Å². The summed E-state index contributed by atoms with van der Waals surface area (Å²) in [7, 11) is 1.14. The normalized spacial score (nSPS) is 16.0. The van der Waals surface area contributed by atoms with Crippen LogP contribution in [0.5, 0.6) is 0 Å². The Hall–Kier alpha value is -3.57. The van der Waals surface area contributed by atoms with Crippen molar-refractivity contribution in [3.05, 3.63) is 45.4 Å². The number of halogens is 6. The molecule has 15 heteroatoms. The summed E-state index contributed by atoms with van der Waals surface area (Å²) in [6, 6.07) is 1.63. The average Bonchev–Trinajstić information content (AvgIpc) is 3.38. The van der Waals surface area contributed by atoms with E-state index in [1.165, 1.54) is 0 Å². The lowest BCUT2D eigenvalue weighted by Gasteiger charge is -2.27. The molecule has 1 aliphatic heterocycles. The molecule has 1 unspecified atom stereocenters. The molecule has 0 radical (unpaired) electrons. The zero-order valence-electron chi connectivity index (χ0n) is 16.7. The third kappa shape index (κ3) is 3.86. The second kappa shape index (κ2) is 8.33. The van der Waals surface area contributed by atoms with Crippen molar-refractivity contribution in [2.75, 3.05) is 23.4 Å². The minimum absolute atomic E-state index is 0.267. The van der Waals surface area contributed by atoms with Crippen molar-refractivity contribution in [2.45, 2.75) is 12.2 Å². The van der Waals surface area contributed by atoms with Crippen LogP contribution in [0.2, 0.25) is 5.02 Å². The number of likely N-dealkylation sites (N-methyl/N-ethyl adjacent to an activating group) is 1. The molecule has 3 amide bonds. The van der Waals surface area contributed by atoms with Gasteiger partial charge in [0.15, 0.2) is 10.8 Å². The lowest BCUT2D eigenvalue weighted by molar-refractivity contribution is -0.136. The predicted molar refractivity (Wildman–Crippen MR) is 112 cm³/mol. The van der Waals surface area contributed by atoms with Crippen molar-refractivity contribution in [1.82, 2.24) is 15.3 Å². The maximum atomic E-state index is 14.4. The molecule has 3 aromatic rings. The third-order valence-corrected chi connectivity index (χ3v) is 6.17. The lowest BCUT2D eigenvalue weighted by atomic mass is 10.2. The molecule has 34 heavy (non-hydrogen) atoms. The molecule has 0 saturated carbocycles. The molecular formula is C19H10ClF5N6O2S. The summed E-state index contributed by atoms with van der Waals surface area (Å²) >= 11 is 6.14. The highest BCUT2D eigenvalue weighted by Gasteiger charge is 2.42. The molecule has 1 aromatic carbocycles. The van der Waals surface area contributed by atoms with Gasteiger partial charge in [0.1, 0.15) is 39.1 Å². The van der Waals surface area contributed by atoms with Gasteiger partial charge in [-0.15, -0.1) is 0 Å². The first-order chi connectivity index (χ1) is 15.9. The van der Waals surface area contributed by atoms with Gasteiger partial charge < -0.3 is 10.2 Å². The summed E-state index contributed by atoms with van der Waals surface area (Å²) in [6.07, 6.45) is -4.91. The number of anilines is 2. The standard InChI is InChI=1S/C19H10ClF5N6O2S/c1-30(9-3-2-8(21)13(20)14(9)22)17(32)10-6-27-18(33)31(10)11-4-7(19(23,24)25)15-16(28-11)34-12(5-26)29-15/h2-4,10H,6H2,1H3,(H,27,33). The number of carbonyl (C=O) groups excluding carboxylic acids is 2. The quantitative estimate of drug-likeness (QED) is 0.417. The van der Waals surface area contributed by atoms with Gasteiger partial charge in [0, 0.05) is 13.6 Å². The maximum Gasteiger partial charge on any atom is 0.418 e. The Bertz CT molecular complexity index is 1390. The van der Waals surface area contributed by atoms with Crippen LogP contribution in [-0.4, -0.2) is 41.5 Å². The summed E-state index contributed by atoms with van der Waals surface area (Å²) in [6.45, 7) is -0.328. The van der Waals surface area contributed by atoms with Gasteiger partial charge in [-0.05, 0) is 18.2 Å². The molecule has 3 heterocycles. The SMILES string of the molecule is CN(C(=O)C1CNC(=O)N1c1cc(C(F)(F)F)c2nc(C#N)sc2n1)c1ccc(F)c(Cl)c1F. The van der Waals surface area contributed by atoms with Gasteiger partial charge in [-0.2, -0.15) is 18.4 Å². The summed E-state index contributed by atoms with van der Waals surface area (Å²) < 4.78 is 69.0. The summed E-state index contributed by atoms with van der Waals surface area (Å²) in [4.78, 5) is 34.4. The zero-order valence-corrected chi connectivity index (χ0v) is 18.3. The van der Waals surface area contributed by atoms with E-state index in [9.17, 15) is 31.5 Å². The van der Waals surface area contributed by atoms with Gasteiger partial charge in [-0.3, -0.25) is 9.69 Å². The second-order valence-corrected chi connectivity index (χ2v) is 8.33. The fourth-order valence-electron chi connectivity index (χ4n) is 3.36. The van der Waals surface area contributed by atoms with E-state index in [1.54, 1.807) is 6.07 Å². The fraction of sp³-hybridized carbons (Fsp3) is 0.211. The third-order valence-electron chi connectivity index (χ3n) is 4.97. The zero-order chi connectivity index (χ0) is 24.9. The van der Waals surface area contributed by atoms with Crippen LogP contribution in [0.25, 0.3) is 10.3 Å². The number of amides is 3. The number of urea groups is 1. The first-order valence-corrected chi connectivity index (χ1v) is 10.4. The molecule has 0 bridgehead atoms. The molecule has 1 N–H and O–H groups in total. The number of nitrogens with one attached hydrogen (secondary N) is 1. The number of pyridine rings is 1. The molecule has 0 aliphatic carbocycles. The van der Waals surface area contributed by atoms with Crippen molar-refractivity contribution >= 4 is 56.7 Å². The highest BCUT2D eigenvalue weighted by molar-refractivity contribution is 7.18. The Labute approximate surface area is 196 Å². The highest BCUT2D eigenvalue weighted by atomic mass is 35.5. The summed E-state index contributed by atoms with van der Waals surface area (Å²) in [5.74, 6) is -3.71. The molecular weight excluding hydrogens is 507 g/mol. The van der Waals surface area contributed by atoms with Gasteiger partial charge in [-0.1, -0.05) is 22.9 Å². The number of benzene rings is 1. The Balaban J connectivity index is 1.78. The maximum absolute atomic E-state index is 14.4. The predicted octanol–water partition coefficient (Wildman–Crippen LogP) is 4.07. The average molecular weight is 517 g/mol. The van der Waals surface area contributed by atoms with Crippen LogP contribution in [0.15, 0.2) is 18.2 Å². The second-order valence-electron chi connectivity index (χ2n) is 6.97. The minimum atomic E-state index is -4.91. The summed E-state index contributed by atoms with van der Waals surface area (Å²) in [5.41, 5.74) is -2.22. The number of nitriles is 1. The smallest absolute Gasteiger partial charge is 0.335 e. The number of hydrogen-bond acceptors (Lipinski definition) is 6. The van der Waals surface area contributed by atoms with Gasteiger partial charge in [0.25, 0.3) is 5.91 Å². The van der Waals surface area contributed by atoms with E-state index < -0.39 is 63.4 Å². The molecule has 4 rings (SSSR count). The monoisotopic (exact) mass is 516 g/mol. The van der Waals surface area contributed by atoms with Crippen LogP contribution < -0.4 is 15.1 Å². The van der Waals surface area contributed by atoms with Gasteiger partial charge in [0.05, 0.1) is 11.3 Å². The van der Waals surface area contributed by atoms with Gasteiger partial charge in [0.2, 0.25) is 0 Å². The van der Waals surface area contributed by atoms with Gasteiger partial charge >= 0.3 is 12.2 Å². The number of thiazole rings is 1. The number of rotatable bonds is 3. The van der Waals surface area contributed by atoms with Crippen molar-refractivity contribution in [2.24, 2.45) is 0 Å². The number of hydrogen-bond donors (Lipinski definition) is 1. The molecule has 1 saturated heterocycles. The number of nitrogens with zero attached hydrogens (tertiary/aromatic N) is 5. The molecule has 8 nitrogen and oxygen atoms in total. The van der Waals surface area contributed by atoms with E-state index in [1.807, 2.05) is 0 Å². The van der Waals surface area contributed by atoms with Gasteiger partial charge in [-0.25, -0.2) is 23.5 Å². The minimum Gasteiger partial charge on any atom is -0.335 e. The Morgan fingerprint density at radius 2 is 2.06 bits per heavy atom. The van der Waals surface area contributed by atoms with Crippen LogP contribution in [0.3, 0.4) is 0 Å². The van der Waals surface area contributed by atoms with E-state index in [-0.39, 0.29) is 16.4 Å². The van der Waals surface area contributed by atoms with Crippen molar-refractivity contribution in [3.8, 4) is 6.07 Å². The van der Waals surface area contributed by atoms with Crippen molar-refractivity contribution in [1.29, 1.82) is 5.26 Å². The Morgan fingerprint density at radius 3 is 2.71 bits per heavy atom. The van der Waals surface area contributed by atoms with Crippen LogP contribution in [-0.2, 0) is 11.0 Å². The molecule has 1 aliphatic rings. The lowest BCUT2D eigenvalue weighted by Crippen LogP contribution is -2.47. The van der Waals surface area contributed by atoms with E-state index in [0.717, 1.165) is 24.1 Å². The Morgan fingerprint density at radius 1 is 1.35 bits per heavy atom. The first kappa shape index (κ1) is 23.6. The molecule has 2 aromatic heterocycles. The number of alkyl halides is 3. The van der Waals surface area contributed by atoms with E-state index >= 15 is 0 Å². The number of aromatic nitrogens is 2. The highest BCUT2D eigenvalue weighted by Crippen LogP contribution is 2.38. The van der Waals surface area contributed by atoms with Crippen molar-refractivity contribution in [3.63, 3.8) is 0 Å². The van der Waals surface area contributed by atoms with Crippen molar-refractivity contribution < 1.29 is 31.5 Å². The molecule has 1 atom stereocenters. The van der Waals surface area contributed by atoms with E-state index in [4.69, 9.17) is 16.9 Å². The number of carbonyl (C=O) groups is 2. The number of fused-ring (bicyclic) bond motifs is 1. The largest absolute Gasteiger partial charge is 0.418 e. The topological polar surface area (TPSA) is 102 Å².